The molecule has 0 N–H and O–H groups in total. The van der Waals surface area contributed by atoms with Gasteiger partial charge in [-0.15, -0.1) is 0 Å². The lowest BCUT2D eigenvalue weighted by Gasteiger charge is -2.16. The highest BCUT2D eigenvalue weighted by Crippen LogP contribution is 2.20. The molecule has 0 fully saturated rings. The summed E-state index contributed by atoms with van der Waals surface area (Å²) in [5.74, 6) is 1.74. The zero-order chi connectivity index (χ0) is 15.2. The van der Waals surface area contributed by atoms with E-state index < -0.39 is 0 Å². The van der Waals surface area contributed by atoms with Gasteiger partial charge in [0.1, 0.15) is 11.6 Å². The summed E-state index contributed by atoms with van der Waals surface area (Å²) in [5, 5.41) is 0.720. The van der Waals surface area contributed by atoms with Crippen molar-refractivity contribution in [1.29, 1.82) is 0 Å². The van der Waals surface area contributed by atoms with Gasteiger partial charge in [-0.3, -0.25) is 0 Å². The van der Waals surface area contributed by atoms with Crippen LogP contribution in [0.15, 0.2) is 53.5 Å². The highest BCUT2D eigenvalue weighted by Gasteiger charge is 2.06. The second-order valence-corrected chi connectivity index (χ2v) is 5.20. The third-order valence-electron chi connectivity index (χ3n) is 2.91. The normalized spacial score (nSPS) is 11.3. The summed E-state index contributed by atoms with van der Waals surface area (Å²) < 4.78 is 5.44. The molecule has 0 saturated heterocycles. The molecule has 3 nitrogen and oxygen atoms in total. The zero-order valence-electron chi connectivity index (χ0n) is 12.5. The van der Waals surface area contributed by atoms with Crippen LogP contribution in [-0.2, 0) is 0 Å². The average Bonchev–Trinajstić information content (AvgIpc) is 2.47. The maximum absolute atomic E-state index is 5.94. The number of hydrogen-bond acceptors (Lipinski definition) is 2. The van der Waals surface area contributed by atoms with Crippen LogP contribution in [0.5, 0.6) is 5.75 Å². The molecule has 2 aromatic carbocycles. The van der Waals surface area contributed by atoms with Gasteiger partial charge in [-0.05, 0) is 55.5 Å². The van der Waals surface area contributed by atoms with E-state index in [1.165, 1.54) is 0 Å². The van der Waals surface area contributed by atoms with Gasteiger partial charge in [-0.1, -0.05) is 11.6 Å². The standard InChI is InChI=1S/C17H19ClN2O/c1-4-21-16-11-9-15(10-12-16)19-17(20(2)3)13-5-7-14(18)8-6-13/h5-12H,4H2,1-3H3. The van der Waals surface area contributed by atoms with E-state index in [0.29, 0.717) is 6.61 Å². The predicted octanol–water partition coefficient (Wildman–Crippen LogP) is 4.38. The largest absolute Gasteiger partial charge is 0.494 e. The fourth-order valence-corrected chi connectivity index (χ4v) is 2.05. The van der Waals surface area contributed by atoms with E-state index >= 15 is 0 Å². The molecule has 0 radical (unpaired) electrons. The molecule has 0 aliphatic carbocycles. The minimum Gasteiger partial charge on any atom is -0.494 e. The highest BCUT2D eigenvalue weighted by molar-refractivity contribution is 6.30. The Morgan fingerprint density at radius 2 is 1.67 bits per heavy atom. The van der Waals surface area contributed by atoms with Crippen molar-refractivity contribution >= 4 is 23.1 Å². The third-order valence-corrected chi connectivity index (χ3v) is 3.16. The van der Waals surface area contributed by atoms with E-state index in [0.717, 1.165) is 27.9 Å². The number of ether oxygens (including phenoxy) is 1. The maximum Gasteiger partial charge on any atom is 0.136 e. The first-order valence-corrected chi connectivity index (χ1v) is 7.22. The second-order valence-electron chi connectivity index (χ2n) is 4.76. The van der Waals surface area contributed by atoms with Crippen LogP contribution >= 0.6 is 11.6 Å². The molecule has 21 heavy (non-hydrogen) atoms. The van der Waals surface area contributed by atoms with Crippen molar-refractivity contribution in [1.82, 2.24) is 4.90 Å². The van der Waals surface area contributed by atoms with Gasteiger partial charge in [0.05, 0.1) is 12.3 Å². The monoisotopic (exact) mass is 302 g/mol. The fraction of sp³-hybridized carbons (Fsp3) is 0.235. The topological polar surface area (TPSA) is 24.8 Å². The van der Waals surface area contributed by atoms with Crippen LogP contribution in [-0.4, -0.2) is 31.4 Å². The van der Waals surface area contributed by atoms with Gasteiger partial charge in [0.25, 0.3) is 0 Å². The van der Waals surface area contributed by atoms with Gasteiger partial charge in [0.2, 0.25) is 0 Å². The molecular weight excluding hydrogens is 284 g/mol. The molecule has 0 aliphatic heterocycles. The number of halogens is 1. The van der Waals surface area contributed by atoms with Crippen LogP contribution < -0.4 is 4.74 Å². The van der Waals surface area contributed by atoms with Crippen molar-refractivity contribution in [2.45, 2.75) is 6.92 Å². The van der Waals surface area contributed by atoms with Crippen LogP contribution in [0, 0.1) is 0 Å². The Bertz CT molecular complexity index is 604. The van der Waals surface area contributed by atoms with Gasteiger partial charge in [-0.25, -0.2) is 4.99 Å². The molecule has 2 rings (SSSR count). The number of rotatable bonds is 4. The summed E-state index contributed by atoms with van der Waals surface area (Å²) in [4.78, 5) is 6.69. The molecule has 0 aliphatic rings. The first kappa shape index (κ1) is 15.4. The fourth-order valence-electron chi connectivity index (χ4n) is 1.93. The third kappa shape index (κ3) is 4.23. The van der Waals surface area contributed by atoms with Crippen LogP contribution in [0.4, 0.5) is 5.69 Å². The number of amidine groups is 1. The summed E-state index contributed by atoms with van der Waals surface area (Å²) in [6.45, 7) is 2.63. The quantitative estimate of drug-likeness (QED) is 0.618. The van der Waals surface area contributed by atoms with Gasteiger partial charge in [-0.2, -0.15) is 0 Å². The molecule has 4 heteroatoms. The average molecular weight is 303 g/mol. The summed E-state index contributed by atoms with van der Waals surface area (Å²) >= 11 is 5.94. The molecule has 0 aromatic heterocycles. The van der Waals surface area contributed by atoms with Gasteiger partial charge in [0, 0.05) is 24.7 Å². The van der Waals surface area contributed by atoms with E-state index in [1.807, 2.05) is 74.4 Å². The van der Waals surface area contributed by atoms with Crippen molar-refractivity contribution in [3.05, 3.63) is 59.1 Å². The van der Waals surface area contributed by atoms with Gasteiger partial charge >= 0.3 is 0 Å². The molecule has 0 unspecified atom stereocenters. The zero-order valence-corrected chi connectivity index (χ0v) is 13.3. The van der Waals surface area contributed by atoms with E-state index in [2.05, 4.69) is 0 Å². The lowest BCUT2D eigenvalue weighted by atomic mass is 10.2. The molecule has 0 spiro atoms. The number of benzene rings is 2. The van der Waals surface area contributed by atoms with Gasteiger partial charge in [0.15, 0.2) is 0 Å². The summed E-state index contributed by atoms with van der Waals surface area (Å²) in [6, 6.07) is 15.4. The maximum atomic E-state index is 5.94. The molecule has 0 saturated carbocycles. The van der Waals surface area contributed by atoms with Crippen molar-refractivity contribution in [3.8, 4) is 5.75 Å². The first-order valence-electron chi connectivity index (χ1n) is 6.85. The Balaban J connectivity index is 2.31. The van der Waals surface area contributed by atoms with Crippen molar-refractivity contribution in [3.63, 3.8) is 0 Å². The smallest absolute Gasteiger partial charge is 0.136 e. The molecular formula is C17H19ClN2O. The van der Waals surface area contributed by atoms with Crippen LogP contribution in [0.25, 0.3) is 0 Å². The summed E-state index contributed by atoms with van der Waals surface area (Å²) in [7, 11) is 3.95. The molecule has 0 amide bonds. The second kappa shape index (κ2) is 7.14. The Hall–Kier alpha value is -2.00. The van der Waals surface area contributed by atoms with E-state index in [-0.39, 0.29) is 0 Å². The van der Waals surface area contributed by atoms with Crippen LogP contribution in [0.3, 0.4) is 0 Å². The van der Waals surface area contributed by atoms with Crippen LogP contribution in [0.1, 0.15) is 12.5 Å². The lowest BCUT2D eigenvalue weighted by molar-refractivity contribution is 0.340. The Morgan fingerprint density at radius 3 is 2.19 bits per heavy atom. The summed E-state index contributed by atoms with van der Waals surface area (Å²) in [6.07, 6.45) is 0. The Kier molecular flexibility index (Phi) is 5.23. The van der Waals surface area contributed by atoms with Crippen LogP contribution in [0.2, 0.25) is 5.02 Å². The molecule has 110 valence electrons. The minimum atomic E-state index is 0.663. The van der Waals surface area contributed by atoms with Crippen molar-refractivity contribution < 1.29 is 4.74 Å². The van der Waals surface area contributed by atoms with E-state index in [4.69, 9.17) is 21.3 Å². The highest BCUT2D eigenvalue weighted by atomic mass is 35.5. The number of nitrogens with zero attached hydrogens (tertiary/aromatic N) is 2. The Labute approximate surface area is 130 Å². The molecule has 2 aromatic rings. The van der Waals surface area contributed by atoms with Crippen molar-refractivity contribution in [2.24, 2.45) is 4.99 Å². The lowest BCUT2D eigenvalue weighted by Crippen LogP contribution is -2.22. The number of aliphatic imine (C=N–C) groups is 1. The predicted molar refractivity (Wildman–Crippen MR) is 88.9 cm³/mol. The Morgan fingerprint density at radius 1 is 1.05 bits per heavy atom. The van der Waals surface area contributed by atoms with Crippen molar-refractivity contribution in [2.75, 3.05) is 20.7 Å². The molecule has 0 bridgehead atoms. The molecule has 0 atom stereocenters. The first-order chi connectivity index (χ1) is 10.1. The SMILES string of the molecule is CCOc1ccc(N=C(c2ccc(Cl)cc2)N(C)C)cc1. The number of hydrogen-bond donors (Lipinski definition) is 0. The van der Waals surface area contributed by atoms with E-state index in [9.17, 15) is 0 Å². The minimum absolute atomic E-state index is 0.663. The summed E-state index contributed by atoms with van der Waals surface area (Å²) in [5.41, 5.74) is 1.91. The van der Waals surface area contributed by atoms with E-state index in [1.54, 1.807) is 0 Å². The molecule has 0 heterocycles. The van der Waals surface area contributed by atoms with Gasteiger partial charge < -0.3 is 9.64 Å².